The zero-order valence-corrected chi connectivity index (χ0v) is 16.0. The van der Waals surface area contributed by atoms with E-state index in [0.717, 1.165) is 31.9 Å². The molecule has 6 nitrogen and oxygen atoms in total. The Morgan fingerprint density at radius 2 is 2.04 bits per heavy atom. The lowest BCUT2D eigenvalue weighted by Crippen LogP contribution is -2.43. The number of aliphatic hydroxyl groups is 1. The van der Waals surface area contributed by atoms with Gasteiger partial charge in [-0.1, -0.05) is 6.92 Å². The van der Waals surface area contributed by atoms with Crippen LogP contribution in [-0.4, -0.2) is 54.7 Å². The number of aliphatic imine (C=N–C) groups is 1. The van der Waals surface area contributed by atoms with Gasteiger partial charge in [0.25, 0.3) is 0 Å². The maximum Gasteiger partial charge on any atom is 0.191 e. The quantitative estimate of drug-likeness (QED) is 0.475. The van der Waals surface area contributed by atoms with E-state index in [4.69, 9.17) is 4.42 Å². The Labute approximate surface area is 146 Å². The molecule has 0 aromatic carbocycles. The molecule has 0 aliphatic rings. The largest absolute Gasteiger partial charge is 0.463 e. The number of aryl methyl sites for hydroxylation is 1. The molecule has 0 bridgehead atoms. The molecule has 24 heavy (non-hydrogen) atoms. The minimum Gasteiger partial charge on any atom is -0.463 e. The van der Waals surface area contributed by atoms with Crippen molar-refractivity contribution in [1.29, 1.82) is 0 Å². The molecular formula is C18H34N4O2. The molecule has 1 heterocycles. The minimum absolute atomic E-state index is 0.233. The van der Waals surface area contributed by atoms with Gasteiger partial charge >= 0.3 is 0 Å². The first-order valence-corrected chi connectivity index (χ1v) is 8.85. The van der Waals surface area contributed by atoms with Gasteiger partial charge in [-0.05, 0) is 53.3 Å². The summed E-state index contributed by atoms with van der Waals surface area (Å²) in [6.07, 6.45) is 0. The lowest BCUT2D eigenvalue weighted by molar-refractivity contribution is 0.0428. The molecule has 1 unspecified atom stereocenters. The molecule has 0 aliphatic heterocycles. The number of furan rings is 1. The molecule has 3 N–H and O–H groups in total. The Balaban J connectivity index is 2.61. The molecular weight excluding hydrogens is 304 g/mol. The van der Waals surface area contributed by atoms with Gasteiger partial charge in [-0.3, -0.25) is 4.90 Å². The Bertz CT molecular complexity index is 509. The summed E-state index contributed by atoms with van der Waals surface area (Å²) in [7, 11) is 0. The molecule has 0 saturated carbocycles. The van der Waals surface area contributed by atoms with Crippen molar-refractivity contribution < 1.29 is 9.52 Å². The fraction of sp³-hybridized carbons (Fsp3) is 0.722. The SMILES string of the molecule is CCNC(=NCC(C)(O)c1ccc(C)o1)NCCN(CC)C(C)C. The highest BCUT2D eigenvalue weighted by Crippen LogP contribution is 2.22. The molecule has 0 fully saturated rings. The summed E-state index contributed by atoms with van der Waals surface area (Å²) in [5.41, 5.74) is -1.12. The van der Waals surface area contributed by atoms with Crippen molar-refractivity contribution in [3.05, 3.63) is 23.7 Å². The topological polar surface area (TPSA) is 73.0 Å². The molecule has 0 amide bonds. The first-order valence-electron chi connectivity index (χ1n) is 8.85. The molecule has 1 aromatic rings. The molecule has 1 aromatic heterocycles. The van der Waals surface area contributed by atoms with E-state index in [1.54, 1.807) is 13.0 Å². The Morgan fingerprint density at radius 3 is 2.54 bits per heavy atom. The van der Waals surface area contributed by atoms with Gasteiger partial charge in [-0.25, -0.2) is 4.99 Å². The van der Waals surface area contributed by atoms with Crippen LogP contribution >= 0.6 is 0 Å². The predicted molar refractivity (Wildman–Crippen MR) is 99.4 cm³/mol. The number of hydrogen-bond acceptors (Lipinski definition) is 4. The van der Waals surface area contributed by atoms with Gasteiger partial charge in [0, 0.05) is 25.7 Å². The van der Waals surface area contributed by atoms with E-state index < -0.39 is 5.60 Å². The van der Waals surface area contributed by atoms with Crippen molar-refractivity contribution in [2.24, 2.45) is 4.99 Å². The third-order valence-corrected chi connectivity index (χ3v) is 3.99. The first-order chi connectivity index (χ1) is 11.3. The van der Waals surface area contributed by atoms with Crippen molar-refractivity contribution in [3.8, 4) is 0 Å². The predicted octanol–water partition coefficient (Wildman–Crippen LogP) is 2.08. The maximum absolute atomic E-state index is 10.6. The van der Waals surface area contributed by atoms with E-state index in [0.29, 0.717) is 17.8 Å². The number of guanidine groups is 1. The van der Waals surface area contributed by atoms with Crippen LogP contribution in [0.3, 0.4) is 0 Å². The molecule has 1 atom stereocenters. The molecule has 0 spiro atoms. The molecule has 1 rings (SSSR count). The first kappa shape index (κ1) is 20.5. The van der Waals surface area contributed by atoms with Crippen molar-refractivity contribution in [2.75, 3.05) is 32.7 Å². The highest BCUT2D eigenvalue weighted by atomic mass is 16.4. The van der Waals surface area contributed by atoms with Crippen LogP contribution in [0.15, 0.2) is 21.5 Å². The van der Waals surface area contributed by atoms with Crippen molar-refractivity contribution in [1.82, 2.24) is 15.5 Å². The molecule has 0 radical (unpaired) electrons. The molecule has 6 heteroatoms. The highest BCUT2D eigenvalue weighted by molar-refractivity contribution is 5.79. The summed E-state index contributed by atoms with van der Waals surface area (Å²) in [6.45, 7) is 16.0. The van der Waals surface area contributed by atoms with E-state index in [1.807, 2.05) is 19.9 Å². The van der Waals surface area contributed by atoms with Gasteiger partial charge < -0.3 is 20.2 Å². The van der Waals surface area contributed by atoms with Gasteiger partial charge in [0.15, 0.2) is 5.96 Å². The molecule has 0 saturated heterocycles. The van der Waals surface area contributed by atoms with Crippen LogP contribution < -0.4 is 10.6 Å². The smallest absolute Gasteiger partial charge is 0.191 e. The zero-order chi connectivity index (χ0) is 18.2. The third-order valence-electron chi connectivity index (χ3n) is 3.99. The van der Waals surface area contributed by atoms with Crippen LogP contribution in [-0.2, 0) is 5.60 Å². The second-order valence-electron chi connectivity index (χ2n) is 6.53. The standard InChI is InChI=1S/C18H34N4O2/c1-7-19-17(20-11-12-22(8-2)14(3)4)21-13-18(6,23)16-10-9-15(5)24-16/h9-10,14,23H,7-8,11-13H2,1-6H3,(H2,19,20,21). The summed E-state index contributed by atoms with van der Waals surface area (Å²) in [4.78, 5) is 6.89. The van der Waals surface area contributed by atoms with E-state index in [-0.39, 0.29) is 6.54 Å². The lowest BCUT2D eigenvalue weighted by Gasteiger charge is -2.25. The summed E-state index contributed by atoms with van der Waals surface area (Å²) in [5, 5.41) is 17.1. The van der Waals surface area contributed by atoms with E-state index in [1.165, 1.54) is 0 Å². The highest BCUT2D eigenvalue weighted by Gasteiger charge is 2.26. The molecule has 0 aliphatic carbocycles. The van der Waals surface area contributed by atoms with Gasteiger partial charge in [-0.2, -0.15) is 0 Å². The number of hydrogen-bond donors (Lipinski definition) is 3. The van der Waals surface area contributed by atoms with Crippen molar-refractivity contribution in [3.63, 3.8) is 0 Å². The van der Waals surface area contributed by atoms with E-state index in [9.17, 15) is 5.11 Å². The summed E-state index contributed by atoms with van der Waals surface area (Å²) in [5.74, 6) is 2.03. The van der Waals surface area contributed by atoms with E-state index >= 15 is 0 Å². The van der Waals surface area contributed by atoms with Crippen molar-refractivity contribution in [2.45, 2.75) is 53.2 Å². The maximum atomic E-state index is 10.6. The monoisotopic (exact) mass is 338 g/mol. The summed E-state index contributed by atoms with van der Waals surface area (Å²) in [6, 6.07) is 4.18. The Kier molecular flexibility index (Phi) is 8.28. The summed E-state index contributed by atoms with van der Waals surface area (Å²) >= 11 is 0. The number of rotatable bonds is 9. The number of nitrogens with one attached hydrogen (secondary N) is 2. The number of nitrogens with zero attached hydrogens (tertiary/aromatic N) is 2. The van der Waals surface area contributed by atoms with Crippen LogP contribution in [0.2, 0.25) is 0 Å². The number of likely N-dealkylation sites (N-methyl/N-ethyl adjacent to an activating group) is 1. The van der Waals surface area contributed by atoms with E-state index in [2.05, 4.69) is 41.3 Å². The van der Waals surface area contributed by atoms with Crippen LogP contribution in [0.1, 0.15) is 46.1 Å². The van der Waals surface area contributed by atoms with Gasteiger partial charge in [-0.15, -0.1) is 0 Å². The molecule has 138 valence electrons. The van der Waals surface area contributed by atoms with Gasteiger partial charge in [0.2, 0.25) is 0 Å². The normalized spacial score (nSPS) is 15.0. The fourth-order valence-corrected chi connectivity index (χ4v) is 2.48. The van der Waals surface area contributed by atoms with Crippen molar-refractivity contribution >= 4 is 5.96 Å². The van der Waals surface area contributed by atoms with Gasteiger partial charge in [0.1, 0.15) is 17.1 Å². The van der Waals surface area contributed by atoms with Crippen LogP contribution in [0, 0.1) is 6.92 Å². The summed E-state index contributed by atoms with van der Waals surface area (Å²) < 4.78 is 5.53. The average Bonchev–Trinajstić information content (AvgIpc) is 2.96. The average molecular weight is 338 g/mol. The second-order valence-corrected chi connectivity index (χ2v) is 6.53. The lowest BCUT2D eigenvalue weighted by atomic mass is 10.0. The van der Waals surface area contributed by atoms with Crippen LogP contribution in [0.4, 0.5) is 0 Å². The van der Waals surface area contributed by atoms with Crippen LogP contribution in [0.25, 0.3) is 0 Å². The van der Waals surface area contributed by atoms with Crippen LogP contribution in [0.5, 0.6) is 0 Å². The Morgan fingerprint density at radius 1 is 1.33 bits per heavy atom. The Hall–Kier alpha value is -1.53. The minimum atomic E-state index is -1.12. The fourth-order valence-electron chi connectivity index (χ4n) is 2.48. The zero-order valence-electron chi connectivity index (χ0n) is 16.0. The second kappa shape index (κ2) is 9.69. The van der Waals surface area contributed by atoms with Gasteiger partial charge in [0.05, 0.1) is 6.54 Å². The third kappa shape index (κ3) is 6.53.